The lowest BCUT2D eigenvalue weighted by molar-refractivity contribution is 0.0104. The van der Waals surface area contributed by atoms with Crippen molar-refractivity contribution >= 4 is 17.2 Å². The van der Waals surface area contributed by atoms with E-state index in [1.165, 1.54) is 11.3 Å². The van der Waals surface area contributed by atoms with Crippen LogP contribution < -0.4 is 4.74 Å². The quantitative estimate of drug-likeness (QED) is 0.807. The lowest BCUT2D eigenvalue weighted by Gasteiger charge is -2.35. The molecule has 1 aromatic carbocycles. The number of hydrogen-bond acceptors (Lipinski definition) is 6. The number of carbonyl (C=O) groups excluding carboxylic acids is 1. The summed E-state index contributed by atoms with van der Waals surface area (Å²) < 4.78 is 10.7. The van der Waals surface area contributed by atoms with E-state index in [4.69, 9.17) is 9.47 Å². The molecular formula is C20H25N3O3S. The van der Waals surface area contributed by atoms with Gasteiger partial charge in [-0.15, -0.1) is 11.3 Å². The summed E-state index contributed by atoms with van der Waals surface area (Å²) in [6, 6.07) is 8.37. The Labute approximate surface area is 163 Å². The molecule has 0 unspecified atom stereocenters. The second-order valence-electron chi connectivity index (χ2n) is 7.01. The van der Waals surface area contributed by atoms with E-state index in [9.17, 15) is 4.79 Å². The molecule has 6 nitrogen and oxygen atoms in total. The molecule has 0 spiro atoms. The Morgan fingerprint density at radius 1 is 1.22 bits per heavy atom. The van der Waals surface area contributed by atoms with Crippen LogP contribution >= 0.6 is 11.3 Å². The molecule has 0 N–H and O–H groups in total. The molecule has 2 atom stereocenters. The van der Waals surface area contributed by atoms with Gasteiger partial charge in [0, 0.05) is 42.7 Å². The number of thiazole rings is 1. The van der Waals surface area contributed by atoms with Gasteiger partial charge in [0.25, 0.3) is 5.91 Å². The molecule has 144 valence electrons. The molecule has 7 heteroatoms. The van der Waals surface area contributed by atoms with E-state index < -0.39 is 0 Å². The summed E-state index contributed by atoms with van der Waals surface area (Å²) in [5.74, 6) is 0.848. The van der Waals surface area contributed by atoms with Crippen LogP contribution in [0.3, 0.4) is 0 Å². The summed E-state index contributed by atoms with van der Waals surface area (Å²) >= 11 is 1.51. The maximum Gasteiger partial charge on any atom is 0.273 e. The summed E-state index contributed by atoms with van der Waals surface area (Å²) in [6.07, 6.45) is 1.02. The van der Waals surface area contributed by atoms with E-state index in [0.717, 1.165) is 55.6 Å². The highest BCUT2D eigenvalue weighted by atomic mass is 32.1. The van der Waals surface area contributed by atoms with Crippen LogP contribution in [0.2, 0.25) is 0 Å². The molecule has 2 saturated heterocycles. The average Bonchev–Trinajstić information content (AvgIpc) is 3.35. The summed E-state index contributed by atoms with van der Waals surface area (Å²) in [7, 11) is 1.65. The number of carbonyl (C=O) groups is 1. The fourth-order valence-electron chi connectivity index (χ4n) is 3.99. The van der Waals surface area contributed by atoms with E-state index in [1.54, 1.807) is 7.11 Å². The van der Waals surface area contributed by atoms with Crippen molar-refractivity contribution in [1.29, 1.82) is 0 Å². The fraction of sp³-hybridized carbons (Fsp3) is 0.500. The van der Waals surface area contributed by atoms with Crippen molar-refractivity contribution in [3.63, 3.8) is 0 Å². The first-order valence-corrected chi connectivity index (χ1v) is 10.3. The van der Waals surface area contributed by atoms with Gasteiger partial charge in [-0.05, 0) is 37.6 Å². The van der Waals surface area contributed by atoms with Crippen LogP contribution in [0.15, 0.2) is 29.6 Å². The number of methoxy groups -OCH3 is 1. The van der Waals surface area contributed by atoms with Crippen LogP contribution in [-0.2, 0) is 4.74 Å². The summed E-state index contributed by atoms with van der Waals surface area (Å²) in [5, 5.41) is 2.73. The van der Waals surface area contributed by atoms with Crippen molar-refractivity contribution in [3.05, 3.63) is 35.3 Å². The summed E-state index contributed by atoms with van der Waals surface area (Å²) in [5.41, 5.74) is 1.54. The molecule has 3 heterocycles. The Morgan fingerprint density at radius 3 is 2.67 bits per heavy atom. The summed E-state index contributed by atoms with van der Waals surface area (Å²) in [6.45, 7) is 6.42. The zero-order valence-electron chi connectivity index (χ0n) is 15.8. The Bertz CT molecular complexity index is 786. The average molecular weight is 388 g/mol. The van der Waals surface area contributed by atoms with Crippen LogP contribution in [-0.4, -0.2) is 72.7 Å². The van der Waals surface area contributed by atoms with Gasteiger partial charge in [-0.3, -0.25) is 9.69 Å². The third-order valence-corrected chi connectivity index (χ3v) is 6.44. The molecular weight excluding hydrogens is 362 g/mol. The molecule has 27 heavy (non-hydrogen) atoms. The van der Waals surface area contributed by atoms with Crippen LogP contribution in [0.1, 0.15) is 23.8 Å². The number of likely N-dealkylation sites (tertiary alicyclic amines) is 1. The van der Waals surface area contributed by atoms with Crippen molar-refractivity contribution in [2.45, 2.75) is 25.4 Å². The summed E-state index contributed by atoms with van der Waals surface area (Å²) in [4.78, 5) is 22.1. The highest BCUT2D eigenvalue weighted by Crippen LogP contribution is 2.29. The maximum absolute atomic E-state index is 13.0. The number of rotatable bonds is 4. The number of benzene rings is 1. The lowest BCUT2D eigenvalue weighted by atomic mass is 10.1. The van der Waals surface area contributed by atoms with E-state index in [1.807, 2.05) is 34.5 Å². The Balaban J connectivity index is 1.46. The predicted molar refractivity (Wildman–Crippen MR) is 105 cm³/mol. The fourth-order valence-corrected chi connectivity index (χ4v) is 4.79. The smallest absolute Gasteiger partial charge is 0.273 e. The number of aromatic nitrogens is 1. The predicted octanol–water partition coefficient (Wildman–Crippen LogP) is 2.75. The SMILES string of the molecule is COc1ccc(-c2nc(C(=O)N3CC[C@@H](N4CCOCC4)[C@H]3C)cs2)cc1. The van der Waals surface area contributed by atoms with Crippen molar-refractivity contribution in [2.24, 2.45) is 0 Å². The van der Waals surface area contributed by atoms with Gasteiger partial charge in [0.1, 0.15) is 16.5 Å². The zero-order valence-corrected chi connectivity index (χ0v) is 16.6. The molecule has 1 aromatic heterocycles. The van der Waals surface area contributed by atoms with E-state index in [-0.39, 0.29) is 11.9 Å². The number of hydrogen-bond donors (Lipinski definition) is 0. The molecule has 2 aliphatic heterocycles. The minimum absolute atomic E-state index is 0.0364. The largest absolute Gasteiger partial charge is 0.497 e. The molecule has 0 aliphatic carbocycles. The molecule has 1 amide bonds. The van der Waals surface area contributed by atoms with Gasteiger partial charge >= 0.3 is 0 Å². The second kappa shape index (κ2) is 7.96. The Kier molecular flexibility index (Phi) is 5.43. The molecule has 4 rings (SSSR count). The van der Waals surface area contributed by atoms with Gasteiger partial charge < -0.3 is 14.4 Å². The van der Waals surface area contributed by atoms with Crippen molar-refractivity contribution in [2.75, 3.05) is 40.0 Å². The van der Waals surface area contributed by atoms with Crippen LogP contribution in [0.5, 0.6) is 5.75 Å². The normalized spacial score (nSPS) is 23.6. The van der Waals surface area contributed by atoms with E-state index in [2.05, 4.69) is 16.8 Å². The second-order valence-corrected chi connectivity index (χ2v) is 7.87. The number of morpholine rings is 1. The first kappa shape index (κ1) is 18.4. The van der Waals surface area contributed by atoms with Crippen LogP contribution in [0.25, 0.3) is 10.6 Å². The van der Waals surface area contributed by atoms with Gasteiger partial charge in [-0.2, -0.15) is 0 Å². The number of ether oxygens (including phenoxy) is 2. The van der Waals surface area contributed by atoms with Gasteiger partial charge in [0.15, 0.2) is 0 Å². The number of amides is 1. The monoisotopic (exact) mass is 387 g/mol. The first-order chi connectivity index (χ1) is 13.2. The minimum atomic E-state index is 0.0364. The molecule has 0 bridgehead atoms. The highest BCUT2D eigenvalue weighted by molar-refractivity contribution is 7.13. The third-order valence-electron chi connectivity index (χ3n) is 5.55. The first-order valence-electron chi connectivity index (χ1n) is 9.40. The molecule has 0 radical (unpaired) electrons. The Hall–Kier alpha value is -1.96. The molecule has 2 aromatic rings. The van der Waals surface area contributed by atoms with Gasteiger partial charge in [-0.25, -0.2) is 4.98 Å². The van der Waals surface area contributed by atoms with Gasteiger partial charge in [0.2, 0.25) is 0 Å². The van der Waals surface area contributed by atoms with Gasteiger partial charge in [0.05, 0.1) is 20.3 Å². The Morgan fingerprint density at radius 2 is 1.96 bits per heavy atom. The standard InChI is InChI=1S/C20H25N3O3S/c1-14-18(22-9-11-26-12-10-22)7-8-23(14)20(24)17-13-27-19(21-17)15-3-5-16(25-2)6-4-15/h3-6,13-14,18H,7-12H2,1-2H3/t14-,18-/m1/s1. The van der Waals surface area contributed by atoms with Crippen LogP contribution in [0, 0.1) is 0 Å². The molecule has 2 aliphatic rings. The number of nitrogens with zero attached hydrogens (tertiary/aromatic N) is 3. The highest BCUT2D eigenvalue weighted by Gasteiger charge is 2.38. The molecule has 0 saturated carbocycles. The third kappa shape index (κ3) is 3.72. The zero-order chi connectivity index (χ0) is 18.8. The van der Waals surface area contributed by atoms with E-state index in [0.29, 0.717) is 11.7 Å². The lowest BCUT2D eigenvalue weighted by Crippen LogP contribution is -2.49. The topological polar surface area (TPSA) is 54.9 Å². The maximum atomic E-state index is 13.0. The molecule has 2 fully saturated rings. The van der Waals surface area contributed by atoms with Crippen molar-refractivity contribution in [3.8, 4) is 16.3 Å². The van der Waals surface area contributed by atoms with Crippen molar-refractivity contribution < 1.29 is 14.3 Å². The van der Waals surface area contributed by atoms with E-state index >= 15 is 0 Å². The van der Waals surface area contributed by atoms with Crippen molar-refractivity contribution in [1.82, 2.24) is 14.8 Å². The van der Waals surface area contributed by atoms with Gasteiger partial charge in [-0.1, -0.05) is 0 Å². The van der Waals surface area contributed by atoms with Crippen LogP contribution in [0.4, 0.5) is 0 Å². The minimum Gasteiger partial charge on any atom is -0.497 e.